The predicted octanol–water partition coefficient (Wildman–Crippen LogP) is 1.99. The second-order valence-electron chi connectivity index (χ2n) is 3.57. The van der Waals surface area contributed by atoms with Crippen LogP contribution in [0, 0.1) is 17.2 Å². The smallest absolute Gasteiger partial charge is 0.263 e. The van der Waals surface area contributed by atoms with E-state index >= 15 is 0 Å². The molecular weight excluding hydrogens is 224 g/mol. The molecular formula is C11H14N2O2S. The van der Waals surface area contributed by atoms with Crippen molar-refractivity contribution in [3.05, 3.63) is 16.3 Å². The van der Waals surface area contributed by atoms with E-state index in [0.717, 1.165) is 0 Å². The number of ether oxygens (including phenoxy) is 1. The van der Waals surface area contributed by atoms with Gasteiger partial charge in [0.05, 0.1) is 24.0 Å². The molecule has 1 atom stereocenters. The summed E-state index contributed by atoms with van der Waals surface area (Å²) >= 11 is 1.35. The van der Waals surface area contributed by atoms with Gasteiger partial charge in [-0.15, -0.1) is 11.3 Å². The van der Waals surface area contributed by atoms with Crippen LogP contribution in [0.5, 0.6) is 5.75 Å². The van der Waals surface area contributed by atoms with Gasteiger partial charge in [-0.25, -0.2) is 0 Å². The molecule has 0 N–H and O–H groups in total. The van der Waals surface area contributed by atoms with Gasteiger partial charge in [-0.1, -0.05) is 0 Å². The molecule has 0 spiro atoms. The molecule has 0 aliphatic heterocycles. The van der Waals surface area contributed by atoms with Gasteiger partial charge in [0.25, 0.3) is 5.91 Å². The van der Waals surface area contributed by atoms with Crippen LogP contribution in [0.2, 0.25) is 0 Å². The van der Waals surface area contributed by atoms with Crippen LogP contribution in [-0.4, -0.2) is 31.5 Å². The van der Waals surface area contributed by atoms with Gasteiger partial charge in [0.2, 0.25) is 0 Å². The normalized spacial score (nSPS) is 11.6. The number of hydrogen-bond acceptors (Lipinski definition) is 4. The summed E-state index contributed by atoms with van der Waals surface area (Å²) < 4.78 is 5.01. The molecule has 0 saturated heterocycles. The molecule has 0 bridgehead atoms. The van der Waals surface area contributed by atoms with E-state index in [1.807, 2.05) is 0 Å². The van der Waals surface area contributed by atoms with Gasteiger partial charge in [0.1, 0.15) is 5.75 Å². The number of nitrogens with zero attached hydrogens (tertiary/aromatic N) is 2. The van der Waals surface area contributed by atoms with Gasteiger partial charge in [0, 0.05) is 25.0 Å². The van der Waals surface area contributed by atoms with Crippen molar-refractivity contribution in [3.8, 4) is 11.8 Å². The van der Waals surface area contributed by atoms with E-state index in [1.54, 1.807) is 37.4 Å². The van der Waals surface area contributed by atoms with Gasteiger partial charge >= 0.3 is 0 Å². The highest BCUT2D eigenvalue weighted by molar-refractivity contribution is 7.12. The Bertz CT molecular complexity index is 408. The van der Waals surface area contributed by atoms with Crippen LogP contribution in [0.15, 0.2) is 11.4 Å². The van der Waals surface area contributed by atoms with Crippen LogP contribution in [0.3, 0.4) is 0 Å². The van der Waals surface area contributed by atoms with Crippen molar-refractivity contribution in [1.29, 1.82) is 5.26 Å². The van der Waals surface area contributed by atoms with E-state index in [2.05, 4.69) is 6.07 Å². The zero-order valence-corrected chi connectivity index (χ0v) is 10.4. The minimum absolute atomic E-state index is 0.0737. The van der Waals surface area contributed by atoms with Crippen molar-refractivity contribution in [2.24, 2.45) is 5.92 Å². The molecule has 86 valence electrons. The van der Waals surface area contributed by atoms with Gasteiger partial charge < -0.3 is 9.64 Å². The lowest BCUT2D eigenvalue weighted by atomic mass is 10.2. The average Bonchev–Trinajstić information content (AvgIpc) is 2.76. The van der Waals surface area contributed by atoms with E-state index in [9.17, 15) is 4.79 Å². The summed E-state index contributed by atoms with van der Waals surface area (Å²) in [4.78, 5) is 14.1. The maximum atomic E-state index is 11.9. The molecule has 1 aromatic rings. The Labute approximate surface area is 99.1 Å². The van der Waals surface area contributed by atoms with E-state index < -0.39 is 0 Å². The second kappa shape index (κ2) is 5.52. The third-order valence-corrected chi connectivity index (χ3v) is 3.03. The third-order valence-electron chi connectivity index (χ3n) is 2.14. The minimum atomic E-state index is -0.157. The van der Waals surface area contributed by atoms with Crippen molar-refractivity contribution in [1.82, 2.24) is 4.90 Å². The quantitative estimate of drug-likeness (QED) is 0.806. The Balaban J connectivity index is 2.67. The fourth-order valence-electron chi connectivity index (χ4n) is 1.26. The van der Waals surface area contributed by atoms with Crippen LogP contribution < -0.4 is 4.74 Å². The lowest BCUT2D eigenvalue weighted by Gasteiger charge is -2.16. The Kier molecular flexibility index (Phi) is 4.32. The highest BCUT2D eigenvalue weighted by Gasteiger charge is 2.16. The Morgan fingerprint density at radius 3 is 2.94 bits per heavy atom. The van der Waals surface area contributed by atoms with Gasteiger partial charge in [0.15, 0.2) is 0 Å². The molecule has 0 aliphatic carbocycles. The molecule has 1 heterocycles. The Morgan fingerprint density at radius 2 is 2.44 bits per heavy atom. The van der Waals surface area contributed by atoms with Crippen LogP contribution in [0.25, 0.3) is 0 Å². The van der Waals surface area contributed by atoms with Crippen molar-refractivity contribution < 1.29 is 9.53 Å². The summed E-state index contributed by atoms with van der Waals surface area (Å²) in [5.74, 6) is 0.460. The SMILES string of the molecule is COc1csc(C(=O)N(C)CC(C)C#N)c1. The summed E-state index contributed by atoms with van der Waals surface area (Å²) in [5.41, 5.74) is 0. The number of amides is 1. The first kappa shape index (κ1) is 12.5. The predicted molar refractivity (Wildman–Crippen MR) is 62.6 cm³/mol. The van der Waals surface area contributed by atoms with Crippen molar-refractivity contribution >= 4 is 17.2 Å². The van der Waals surface area contributed by atoms with Crippen LogP contribution in [0.1, 0.15) is 16.6 Å². The second-order valence-corrected chi connectivity index (χ2v) is 4.48. The molecule has 5 heteroatoms. The molecule has 1 rings (SSSR count). The number of thiophene rings is 1. The first-order valence-electron chi connectivity index (χ1n) is 4.86. The van der Waals surface area contributed by atoms with Crippen molar-refractivity contribution in [2.45, 2.75) is 6.92 Å². The molecule has 1 aromatic heterocycles. The van der Waals surface area contributed by atoms with Crippen molar-refractivity contribution in [2.75, 3.05) is 20.7 Å². The van der Waals surface area contributed by atoms with Crippen LogP contribution in [0.4, 0.5) is 0 Å². The zero-order chi connectivity index (χ0) is 12.1. The lowest BCUT2D eigenvalue weighted by Crippen LogP contribution is -2.30. The molecule has 0 saturated carbocycles. The Morgan fingerprint density at radius 1 is 1.75 bits per heavy atom. The molecule has 1 unspecified atom stereocenters. The number of rotatable bonds is 4. The molecule has 0 aliphatic rings. The first-order chi connectivity index (χ1) is 7.58. The molecule has 0 radical (unpaired) electrons. The highest BCUT2D eigenvalue weighted by Crippen LogP contribution is 2.22. The fourth-order valence-corrected chi connectivity index (χ4v) is 2.11. The standard InChI is InChI=1S/C11H14N2O2S/c1-8(5-12)6-13(2)11(14)10-4-9(15-3)7-16-10/h4,7-8H,6H2,1-3H3. The van der Waals surface area contributed by atoms with Gasteiger partial charge in [-0.2, -0.15) is 5.26 Å². The first-order valence-corrected chi connectivity index (χ1v) is 5.74. The number of carbonyl (C=O) groups excluding carboxylic acids is 1. The highest BCUT2D eigenvalue weighted by atomic mass is 32.1. The van der Waals surface area contributed by atoms with Gasteiger partial charge in [-0.3, -0.25) is 4.79 Å². The zero-order valence-electron chi connectivity index (χ0n) is 9.56. The van der Waals surface area contributed by atoms with E-state index in [1.165, 1.54) is 11.3 Å². The maximum Gasteiger partial charge on any atom is 0.263 e. The number of methoxy groups -OCH3 is 1. The fraction of sp³-hybridized carbons (Fsp3) is 0.455. The van der Waals surface area contributed by atoms with E-state index in [0.29, 0.717) is 17.2 Å². The number of carbonyl (C=O) groups is 1. The third kappa shape index (κ3) is 2.97. The van der Waals surface area contributed by atoms with Gasteiger partial charge in [-0.05, 0) is 6.92 Å². The number of nitriles is 1. The summed E-state index contributed by atoms with van der Waals surface area (Å²) in [6.07, 6.45) is 0. The summed E-state index contributed by atoms with van der Waals surface area (Å²) in [6.45, 7) is 2.23. The molecule has 16 heavy (non-hydrogen) atoms. The number of hydrogen-bond donors (Lipinski definition) is 0. The molecule has 0 fully saturated rings. The molecule has 1 amide bonds. The largest absolute Gasteiger partial charge is 0.496 e. The average molecular weight is 238 g/mol. The molecule has 4 nitrogen and oxygen atoms in total. The van der Waals surface area contributed by atoms with E-state index in [4.69, 9.17) is 10.00 Å². The summed E-state index contributed by atoms with van der Waals surface area (Å²) in [5, 5.41) is 10.5. The monoisotopic (exact) mass is 238 g/mol. The Hall–Kier alpha value is -1.54. The minimum Gasteiger partial charge on any atom is -0.496 e. The van der Waals surface area contributed by atoms with Crippen LogP contribution in [-0.2, 0) is 0 Å². The van der Waals surface area contributed by atoms with Crippen LogP contribution >= 0.6 is 11.3 Å². The summed E-state index contributed by atoms with van der Waals surface area (Å²) in [6, 6.07) is 3.81. The topological polar surface area (TPSA) is 53.3 Å². The maximum absolute atomic E-state index is 11.9. The lowest BCUT2D eigenvalue weighted by molar-refractivity contribution is 0.0789. The molecule has 0 aromatic carbocycles. The van der Waals surface area contributed by atoms with E-state index in [-0.39, 0.29) is 11.8 Å². The summed E-state index contributed by atoms with van der Waals surface area (Å²) in [7, 11) is 3.26. The van der Waals surface area contributed by atoms with Crippen molar-refractivity contribution in [3.63, 3.8) is 0 Å².